The van der Waals surface area contributed by atoms with E-state index in [2.05, 4.69) is 20.8 Å². The van der Waals surface area contributed by atoms with Crippen LogP contribution in [-0.2, 0) is 6.42 Å². The number of hydrogen-bond acceptors (Lipinski definition) is 1. The quantitative estimate of drug-likeness (QED) is 0.752. The van der Waals surface area contributed by atoms with E-state index in [0.717, 1.165) is 18.3 Å². The minimum Gasteiger partial charge on any atom is -1.00 e. The molecule has 0 aromatic heterocycles. The SMILES string of the molecule is CC(C)CCCC(C)Cc1ccc(O)cc1.[H-].[Na+]. The summed E-state index contributed by atoms with van der Waals surface area (Å²) in [6.45, 7) is 6.88. The van der Waals surface area contributed by atoms with Gasteiger partial charge in [0.25, 0.3) is 0 Å². The first kappa shape index (κ1) is 17.0. The van der Waals surface area contributed by atoms with E-state index in [1.54, 1.807) is 12.1 Å². The van der Waals surface area contributed by atoms with Gasteiger partial charge in [0, 0.05) is 0 Å². The van der Waals surface area contributed by atoms with Gasteiger partial charge in [-0.1, -0.05) is 52.2 Å². The Kier molecular flexibility index (Phi) is 9.03. The van der Waals surface area contributed by atoms with Gasteiger partial charge in [-0.05, 0) is 36.0 Å². The second-order valence-electron chi connectivity index (χ2n) is 5.30. The van der Waals surface area contributed by atoms with E-state index in [4.69, 9.17) is 0 Å². The molecular weight excluding hydrogens is 219 g/mol. The topological polar surface area (TPSA) is 20.2 Å². The molecular formula is C15H25NaO. The van der Waals surface area contributed by atoms with Crippen molar-refractivity contribution >= 4 is 0 Å². The fourth-order valence-corrected chi connectivity index (χ4v) is 2.01. The molecule has 1 nitrogen and oxygen atoms in total. The van der Waals surface area contributed by atoms with Crippen LogP contribution in [0.25, 0.3) is 0 Å². The number of rotatable bonds is 6. The van der Waals surface area contributed by atoms with Crippen molar-refractivity contribution < 1.29 is 36.1 Å². The third-order valence-corrected chi connectivity index (χ3v) is 3.00. The van der Waals surface area contributed by atoms with Crippen LogP contribution in [0.4, 0.5) is 0 Å². The van der Waals surface area contributed by atoms with Gasteiger partial charge in [0.1, 0.15) is 5.75 Å². The molecule has 0 saturated carbocycles. The van der Waals surface area contributed by atoms with E-state index >= 15 is 0 Å². The van der Waals surface area contributed by atoms with Crippen LogP contribution < -0.4 is 29.6 Å². The third-order valence-electron chi connectivity index (χ3n) is 3.00. The molecule has 92 valence electrons. The molecule has 1 rings (SSSR count). The minimum absolute atomic E-state index is 0. The number of benzene rings is 1. The van der Waals surface area contributed by atoms with Crippen LogP contribution in [0, 0.1) is 11.8 Å². The molecule has 17 heavy (non-hydrogen) atoms. The van der Waals surface area contributed by atoms with Crippen LogP contribution in [0.1, 0.15) is 47.0 Å². The molecule has 0 fully saturated rings. The van der Waals surface area contributed by atoms with Crippen molar-refractivity contribution in [2.45, 2.75) is 46.5 Å². The molecule has 1 atom stereocenters. The summed E-state index contributed by atoms with van der Waals surface area (Å²) in [5.41, 5.74) is 1.33. The summed E-state index contributed by atoms with van der Waals surface area (Å²) in [6.07, 6.45) is 5.09. The van der Waals surface area contributed by atoms with Gasteiger partial charge in [0.05, 0.1) is 0 Å². The average Bonchev–Trinajstić information content (AvgIpc) is 2.21. The number of aromatic hydroxyl groups is 1. The largest absolute Gasteiger partial charge is 1.00 e. The maximum absolute atomic E-state index is 9.19. The molecule has 0 heterocycles. The normalized spacial score (nSPS) is 12.2. The molecule has 0 amide bonds. The van der Waals surface area contributed by atoms with Crippen LogP contribution >= 0.6 is 0 Å². The molecule has 0 saturated heterocycles. The Balaban J connectivity index is 0. The maximum atomic E-state index is 9.19. The molecule has 1 N–H and O–H groups in total. The van der Waals surface area contributed by atoms with Crippen LogP contribution in [0.2, 0.25) is 0 Å². The summed E-state index contributed by atoms with van der Waals surface area (Å²) in [5.74, 6) is 1.92. The monoisotopic (exact) mass is 244 g/mol. The average molecular weight is 244 g/mol. The molecule has 0 aliphatic carbocycles. The molecule has 0 aliphatic rings. The van der Waals surface area contributed by atoms with E-state index in [-0.39, 0.29) is 31.0 Å². The van der Waals surface area contributed by atoms with Crippen LogP contribution in [0.5, 0.6) is 5.75 Å². The van der Waals surface area contributed by atoms with Crippen molar-refractivity contribution in [3.05, 3.63) is 29.8 Å². The molecule has 0 spiro atoms. The molecule has 0 radical (unpaired) electrons. The van der Waals surface area contributed by atoms with Gasteiger partial charge in [-0.2, -0.15) is 0 Å². The standard InChI is InChI=1S/C15H24O.Na.H/c1-12(2)5-4-6-13(3)11-14-7-9-15(16)10-8-14;;/h7-10,12-13,16H,4-6,11H2,1-3H3;;/q;+1;-1. The van der Waals surface area contributed by atoms with Crippen LogP contribution in [0.3, 0.4) is 0 Å². The van der Waals surface area contributed by atoms with Crippen molar-refractivity contribution in [3.63, 3.8) is 0 Å². The summed E-state index contributed by atoms with van der Waals surface area (Å²) in [5, 5.41) is 9.19. The van der Waals surface area contributed by atoms with Crippen molar-refractivity contribution in [1.82, 2.24) is 0 Å². The Labute approximate surface area is 129 Å². The van der Waals surface area contributed by atoms with Gasteiger partial charge in [0.2, 0.25) is 0 Å². The van der Waals surface area contributed by atoms with Gasteiger partial charge in [-0.25, -0.2) is 0 Å². The van der Waals surface area contributed by atoms with Crippen molar-refractivity contribution in [2.24, 2.45) is 11.8 Å². The second-order valence-corrected chi connectivity index (χ2v) is 5.30. The Hall–Kier alpha value is 0.0200. The Morgan fingerprint density at radius 1 is 1.06 bits per heavy atom. The molecule has 1 aromatic carbocycles. The van der Waals surface area contributed by atoms with E-state index in [9.17, 15) is 5.11 Å². The zero-order valence-electron chi connectivity index (χ0n) is 12.7. The Morgan fingerprint density at radius 2 is 1.65 bits per heavy atom. The number of phenolic OH excluding ortho intramolecular Hbond substituents is 1. The van der Waals surface area contributed by atoms with Gasteiger partial charge < -0.3 is 6.53 Å². The smallest absolute Gasteiger partial charge is 1.00 e. The third kappa shape index (κ3) is 7.86. The van der Waals surface area contributed by atoms with E-state index in [1.807, 2.05) is 12.1 Å². The van der Waals surface area contributed by atoms with Gasteiger partial charge in [-0.15, -0.1) is 0 Å². The van der Waals surface area contributed by atoms with Crippen molar-refractivity contribution in [3.8, 4) is 5.75 Å². The summed E-state index contributed by atoms with van der Waals surface area (Å²) >= 11 is 0. The Bertz CT molecular complexity index is 298. The first-order chi connectivity index (χ1) is 7.58. The first-order valence-corrected chi connectivity index (χ1v) is 6.36. The predicted molar refractivity (Wildman–Crippen MR) is 70.8 cm³/mol. The summed E-state index contributed by atoms with van der Waals surface area (Å²) in [4.78, 5) is 0. The van der Waals surface area contributed by atoms with Crippen molar-refractivity contribution in [1.29, 1.82) is 0 Å². The maximum Gasteiger partial charge on any atom is 1.00 e. The van der Waals surface area contributed by atoms with E-state index in [1.165, 1.54) is 24.8 Å². The fourth-order valence-electron chi connectivity index (χ4n) is 2.01. The van der Waals surface area contributed by atoms with E-state index in [0.29, 0.717) is 5.75 Å². The molecule has 0 bridgehead atoms. The van der Waals surface area contributed by atoms with Crippen LogP contribution in [-0.4, -0.2) is 5.11 Å². The number of hydrogen-bond donors (Lipinski definition) is 1. The summed E-state index contributed by atoms with van der Waals surface area (Å²) < 4.78 is 0. The zero-order chi connectivity index (χ0) is 12.0. The van der Waals surface area contributed by atoms with Gasteiger partial charge >= 0.3 is 29.6 Å². The molecule has 1 aromatic rings. The molecule has 2 heteroatoms. The summed E-state index contributed by atoms with van der Waals surface area (Å²) in [7, 11) is 0. The Morgan fingerprint density at radius 3 is 2.18 bits per heavy atom. The number of phenols is 1. The van der Waals surface area contributed by atoms with Crippen molar-refractivity contribution in [2.75, 3.05) is 0 Å². The minimum atomic E-state index is 0. The molecule has 0 aliphatic heterocycles. The molecule has 1 unspecified atom stereocenters. The zero-order valence-corrected chi connectivity index (χ0v) is 13.7. The summed E-state index contributed by atoms with van der Waals surface area (Å²) in [6, 6.07) is 7.59. The first-order valence-electron chi connectivity index (χ1n) is 6.36. The predicted octanol–water partition coefficient (Wildman–Crippen LogP) is 1.51. The van der Waals surface area contributed by atoms with Crippen LogP contribution in [0.15, 0.2) is 24.3 Å². The van der Waals surface area contributed by atoms with Gasteiger partial charge in [-0.3, -0.25) is 0 Å². The van der Waals surface area contributed by atoms with Gasteiger partial charge in [0.15, 0.2) is 0 Å². The second kappa shape index (κ2) is 9.02. The van der Waals surface area contributed by atoms with E-state index < -0.39 is 0 Å². The fraction of sp³-hybridized carbons (Fsp3) is 0.600.